The second-order valence-electron chi connectivity index (χ2n) is 6.92. The Morgan fingerprint density at radius 3 is 2.86 bits per heavy atom. The molecule has 0 fully saturated rings. The normalized spacial score (nSPS) is 17.4. The molecule has 0 saturated heterocycles. The first-order valence-electron chi connectivity index (χ1n) is 9.26. The fourth-order valence-corrected chi connectivity index (χ4v) is 4.50. The Kier molecular flexibility index (Phi) is 4.31. The molecule has 0 bridgehead atoms. The van der Waals surface area contributed by atoms with Crippen LogP contribution in [0.1, 0.15) is 5.56 Å². The SMILES string of the molecule is O=S(=O)(Nc1cnn(C[C@@H]2COc3ccccc3O2)c1)c1ccc2c(c1)CCO2. The monoisotopic (exact) mass is 413 g/mol. The van der Waals surface area contributed by atoms with E-state index in [1.807, 2.05) is 24.3 Å². The van der Waals surface area contributed by atoms with Gasteiger partial charge in [0.2, 0.25) is 0 Å². The molecule has 3 aromatic rings. The molecule has 1 aromatic heterocycles. The molecule has 0 aliphatic carbocycles. The van der Waals surface area contributed by atoms with Crippen molar-refractivity contribution in [3.05, 3.63) is 60.4 Å². The fourth-order valence-electron chi connectivity index (χ4n) is 3.42. The summed E-state index contributed by atoms with van der Waals surface area (Å²) in [6.45, 7) is 1.41. The molecule has 0 unspecified atom stereocenters. The quantitative estimate of drug-likeness (QED) is 0.691. The van der Waals surface area contributed by atoms with E-state index in [4.69, 9.17) is 14.2 Å². The topological polar surface area (TPSA) is 91.7 Å². The van der Waals surface area contributed by atoms with Crippen molar-refractivity contribution < 1.29 is 22.6 Å². The molecule has 2 aliphatic heterocycles. The number of para-hydroxylation sites is 2. The maximum absolute atomic E-state index is 12.7. The van der Waals surface area contributed by atoms with Gasteiger partial charge in [0.15, 0.2) is 17.6 Å². The number of benzene rings is 2. The molecule has 5 rings (SSSR count). The van der Waals surface area contributed by atoms with Crippen molar-refractivity contribution in [3.63, 3.8) is 0 Å². The van der Waals surface area contributed by atoms with E-state index < -0.39 is 10.0 Å². The van der Waals surface area contributed by atoms with Gasteiger partial charge in [0, 0.05) is 12.6 Å². The summed E-state index contributed by atoms with van der Waals surface area (Å²) in [6.07, 6.45) is 3.61. The van der Waals surface area contributed by atoms with E-state index in [-0.39, 0.29) is 11.0 Å². The van der Waals surface area contributed by atoms with E-state index in [1.165, 1.54) is 6.20 Å². The Labute approximate surface area is 168 Å². The zero-order valence-corrected chi connectivity index (χ0v) is 16.3. The Hall–Kier alpha value is -3.20. The molecule has 0 radical (unpaired) electrons. The van der Waals surface area contributed by atoms with Crippen molar-refractivity contribution in [2.24, 2.45) is 0 Å². The lowest BCUT2D eigenvalue weighted by molar-refractivity contribution is 0.0759. The average Bonchev–Trinajstić information content (AvgIpc) is 3.36. The van der Waals surface area contributed by atoms with E-state index in [9.17, 15) is 8.42 Å². The number of hydrogen-bond donors (Lipinski definition) is 1. The van der Waals surface area contributed by atoms with Gasteiger partial charge in [0.05, 0.1) is 29.9 Å². The van der Waals surface area contributed by atoms with Crippen LogP contribution in [-0.2, 0) is 23.0 Å². The average molecular weight is 413 g/mol. The fraction of sp³-hybridized carbons (Fsp3) is 0.250. The van der Waals surface area contributed by atoms with Crippen LogP contribution in [0.3, 0.4) is 0 Å². The summed E-state index contributed by atoms with van der Waals surface area (Å²) in [7, 11) is -3.71. The molecular formula is C20H19N3O5S. The first-order chi connectivity index (χ1) is 14.1. The Balaban J connectivity index is 1.27. The number of ether oxygens (including phenoxy) is 3. The van der Waals surface area contributed by atoms with E-state index in [0.29, 0.717) is 37.6 Å². The minimum absolute atomic E-state index is 0.204. The molecule has 0 amide bonds. The Morgan fingerprint density at radius 2 is 1.97 bits per heavy atom. The number of nitrogens with one attached hydrogen (secondary N) is 1. The van der Waals surface area contributed by atoms with Crippen molar-refractivity contribution in [2.75, 3.05) is 17.9 Å². The predicted octanol–water partition coefficient (Wildman–Crippen LogP) is 2.46. The number of hydrogen-bond acceptors (Lipinski definition) is 6. The lowest BCUT2D eigenvalue weighted by Crippen LogP contribution is -2.33. The summed E-state index contributed by atoms with van der Waals surface area (Å²) < 4.78 is 46.7. The van der Waals surface area contributed by atoms with E-state index in [2.05, 4.69) is 9.82 Å². The molecule has 2 aromatic carbocycles. The lowest BCUT2D eigenvalue weighted by atomic mass is 10.2. The summed E-state index contributed by atoms with van der Waals surface area (Å²) in [5.41, 5.74) is 1.29. The molecule has 3 heterocycles. The maximum atomic E-state index is 12.7. The van der Waals surface area contributed by atoms with Crippen LogP contribution in [0.25, 0.3) is 0 Å². The van der Waals surface area contributed by atoms with Gasteiger partial charge in [-0.15, -0.1) is 0 Å². The van der Waals surface area contributed by atoms with Gasteiger partial charge in [-0.2, -0.15) is 5.10 Å². The van der Waals surface area contributed by atoms with Gasteiger partial charge in [-0.05, 0) is 35.9 Å². The molecule has 29 heavy (non-hydrogen) atoms. The van der Waals surface area contributed by atoms with Crippen LogP contribution in [0.4, 0.5) is 5.69 Å². The molecule has 0 spiro atoms. The number of nitrogens with zero attached hydrogens (tertiary/aromatic N) is 2. The van der Waals surface area contributed by atoms with Crippen LogP contribution >= 0.6 is 0 Å². The van der Waals surface area contributed by atoms with Gasteiger partial charge in [0.1, 0.15) is 12.4 Å². The van der Waals surface area contributed by atoms with Crippen molar-refractivity contribution in [2.45, 2.75) is 24.0 Å². The first-order valence-corrected chi connectivity index (χ1v) is 10.7. The lowest BCUT2D eigenvalue weighted by Gasteiger charge is -2.26. The third-order valence-corrected chi connectivity index (χ3v) is 6.19. The van der Waals surface area contributed by atoms with Crippen molar-refractivity contribution >= 4 is 15.7 Å². The van der Waals surface area contributed by atoms with Crippen LogP contribution < -0.4 is 18.9 Å². The highest BCUT2D eigenvalue weighted by molar-refractivity contribution is 7.92. The van der Waals surface area contributed by atoms with Crippen molar-refractivity contribution in [1.82, 2.24) is 9.78 Å². The van der Waals surface area contributed by atoms with Crippen LogP contribution in [0.15, 0.2) is 59.8 Å². The maximum Gasteiger partial charge on any atom is 0.262 e. The van der Waals surface area contributed by atoms with Gasteiger partial charge in [-0.1, -0.05) is 12.1 Å². The van der Waals surface area contributed by atoms with Crippen molar-refractivity contribution in [3.8, 4) is 17.2 Å². The third-order valence-electron chi connectivity index (χ3n) is 4.81. The van der Waals surface area contributed by atoms with Crippen LogP contribution in [-0.4, -0.2) is 37.5 Å². The molecule has 1 N–H and O–H groups in total. The molecule has 0 saturated carbocycles. The number of aromatic nitrogens is 2. The number of sulfonamides is 1. The minimum Gasteiger partial charge on any atom is -0.493 e. The van der Waals surface area contributed by atoms with Crippen LogP contribution in [0.2, 0.25) is 0 Å². The summed E-state index contributed by atoms with van der Waals surface area (Å²) in [5.74, 6) is 2.16. The van der Waals surface area contributed by atoms with Crippen LogP contribution in [0, 0.1) is 0 Å². The number of anilines is 1. The highest BCUT2D eigenvalue weighted by Gasteiger charge is 2.23. The smallest absolute Gasteiger partial charge is 0.262 e. The second kappa shape index (κ2) is 7.00. The van der Waals surface area contributed by atoms with Gasteiger partial charge in [0.25, 0.3) is 10.0 Å². The van der Waals surface area contributed by atoms with Gasteiger partial charge < -0.3 is 14.2 Å². The third kappa shape index (κ3) is 3.61. The molecular weight excluding hydrogens is 394 g/mol. The van der Waals surface area contributed by atoms with E-state index in [0.717, 1.165) is 17.1 Å². The summed E-state index contributed by atoms with van der Waals surface area (Å²) in [6, 6.07) is 12.4. The highest BCUT2D eigenvalue weighted by Crippen LogP contribution is 2.31. The zero-order chi connectivity index (χ0) is 19.8. The summed E-state index contributed by atoms with van der Waals surface area (Å²) in [5, 5.41) is 4.24. The van der Waals surface area contributed by atoms with Gasteiger partial charge in [-0.3, -0.25) is 9.40 Å². The number of rotatable bonds is 5. The van der Waals surface area contributed by atoms with Gasteiger partial charge in [-0.25, -0.2) is 8.42 Å². The number of fused-ring (bicyclic) bond motifs is 2. The Morgan fingerprint density at radius 1 is 1.10 bits per heavy atom. The Bertz CT molecular complexity index is 1160. The standard InChI is InChI=1S/C20H19N3O5S/c24-29(25,17-5-6-18-14(9-17)7-8-26-18)22-15-10-21-23(11-15)12-16-13-27-19-3-1-2-4-20(19)28-16/h1-6,9-11,16,22H,7-8,12-13H2/t16-/m1/s1. The van der Waals surface area contributed by atoms with Gasteiger partial charge >= 0.3 is 0 Å². The molecule has 1 atom stereocenters. The highest BCUT2D eigenvalue weighted by atomic mass is 32.2. The van der Waals surface area contributed by atoms with Crippen molar-refractivity contribution in [1.29, 1.82) is 0 Å². The zero-order valence-electron chi connectivity index (χ0n) is 15.4. The molecule has 150 valence electrons. The van der Waals surface area contributed by atoms with E-state index >= 15 is 0 Å². The summed E-state index contributed by atoms with van der Waals surface area (Å²) >= 11 is 0. The molecule has 9 heteroatoms. The second-order valence-corrected chi connectivity index (χ2v) is 8.60. The van der Waals surface area contributed by atoms with E-state index in [1.54, 1.807) is 29.1 Å². The minimum atomic E-state index is -3.71. The predicted molar refractivity (Wildman–Crippen MR) is 105 cm³/mol. The molecule has 2 aliphatic rings. The van der Waals surface area contributed by atoms with Crippen LogP contribution in [0.5, 0.6) is 17.2 Å². The summed E-state index contributed by atoms with van der Waals surface area (Å²) in [4.78, 5) is 0.204. The largest absolute Gasteiger partial charge is 0.493 e. The first kappa shape index (κ1) is 17.9. The molecule has 8 nitrogen and oxygen atoms in total.